The normalized spacial score (nSPS) is 10.8. The van der Waals surface area contributed by atoms with Gasteiger partial charge in [0.15, 0.2) is 0 Å². The number of aliphatic carboxylic acids is 1. The minimum atomic E-state index is -0.883. The van der Waals surface area contributed by atoms with Crippen LogP contribution in [-0.4, -0.2) is 16.1 Å². The maximum absolute atomic E-state index is 11.3. The summed E-state index contributed by atoms with van der Waals surface area (Å²) in [4.78, 5) is 15.8. The molecule has 3 rings (SSSR count). The van der Waals surface area contributed by atoms with Gasteiger partial charge in [-0.3, -0.25) is 9.78 Å². The van der Waals surface area contributed by atoms with Gasteiger partial charge in [-0.15, -0.1) is 0 Å². The Morgan fingerprint density at radius 1 is 1.21 bits per heavy atom. The van der Waals surface area contributed by atoms with Crippen molar-refractivity contribution in [3.8, 4) is 0 Å². The number of halogens is 1. The van der Waals surface area contributed by atoms with Crippen LogP contribution in [-0.2, 0) is 11.2 Å². The molecule has 0 aliphatic heterocycles. The van der Waals surface area contributed by atoms with Crippen LogP contribution in [0.3, 0.4) is 0 Å². The number of aryl methyl sites for hydroxylation is 2. The van der Waals surface area contributed by atoms with Crippen molar-refractivity contribution in [2.45, 2.75) is 20.3 Å². The summed E-state index contributed by atoms with van der Waals surface area (Å²) in [7, 11) is 0. The minimum absolute atomic E-state index is 0.0847. The Balaban J connectivity index is 2.21. The van der Waals surface area contributed by atoms with E-state index in [1.54, 1.807) is 0 Å². The molecule has 0 spiro atoms. The highest BCUT2D eigenvalue weighted by atomic mass is 35.5. The monoisotopic (exact) mass is 340 g/mol. The van der Waals surface area contributed by atoms with E-state index >= 15 is 0 Å². The molecule has 2 aromatic carbocycles. The molecule has 0 amide bonds. The Morgan fingerprint density at radius 3 is 2.67 bits per heavy atom. The summed E-state index contributed by atoms with van der Waals surface area (Å²) < 4.78 is 0. The molecule has 2 N–H and O–H groups in total. The molecule has 0 saturated carbocycles. The number of para-hydroxylation sites is 1. The number of rotatable bonds is 4. The maximum atomic E-state index is 11.3. The van der Waals surface area contributed by atoms with Crippen molar-refractivity contribution < 1.29 is 9.90 Å². The van der Waals surface area contributed by atoms with Crippen molar-refractivity contribution in [3.05, 3.63) is 64.3 Å². The van der Waals surface area contributed by atoms with E-state index in [1.807, 2.05) is 56.3 Å². The Kier molecular flexibility index (Phi) is 4.40. The average molecular weight is 341 g/mol. The molecular weight excluding hydrogens is 324 g/mol. The first-order valence-corrected chi connectivity index (χ1v) is 7.96. The van der Waals surface area contributed by atoms with Crippen molar-refractivity contribution >= 4 is 39.8 Å². The third-order valence-electron chi connectivity index (χ3n) is 3.98. The van der Waals surface area contributed by atoms with Gasteiger partial charge in [-0.2, -0.15) is 0 Å². The number of aromatic nitrogens is 1. The molecule has 0 bridgehead atoms. The van der Waals surface area contributed by atoms with E-state index < -0.39 is 5.97 Å². The number of benzene rings is 2. The van der Waals surface area contributed by atoms with Crippen LogP contribution in [0.1, 0.15) is 16.8 Å². The Bertz CT molecular complexity index is 938. The van der Waals surface area contributed by atoms with Crippen LogP contribution in [0, 0.1) is 13.8 Å². The molecule has 0 aliphatic carbocycles. The zero-order valence-electron chi connectivity index (χ0n) is 13.4. The predicted octanol–water partition coefficient (Wildman–Crippen LogP) is 4.88. The summed E-state index contributed by atoms with van der Waals surface area (Å²) in [5.74, 6) is -0.883. The number of nitrogens with zero attached hydrogens (tertiary/aromatic N) is 1. The molecule has 0 unspecified atom stereocenters. The fourth-order valence-electron chi connectivity index (χ4n) is 2.79. The van der Waals surface area contributed by atoms with Crippen LogP contribution < -0.4 is 5.32 Å². The second-order valence-electron chi connectivity index (χ2n) is 5.72. The summed E-state index contributed by atoms with van der Waals surface area (Å²) >= 11 is 6.02. The summed E-state index contributed by atoms with van der Waals surface area (Å²) in [5, 5.41) is 14.2. The lowest BCUT2D eigenvalue weighted by Crippen LogP contribution is -2.08. The first-order chi connectivity index (χ1) is 11.5. The number of nitrogens with one attached hydrogen (secondary N) is 1. The van der Waals surface area contributed by atoms with E-state index in [0.29, 0.717) is 16.3 Å². The van der Waals surface area contributed by atoms with E-state index in [4.69, 9.17) is 11.6 Å². The number of fused-ring (bicyclic) bond motifs is 1. The highest BCUT2D eigenvalue weighted by Crippen LogP contribution is 2.33. The topological polar surface area (TPSA) is 62.2 Å². The van der Waals surface area contributed by atoms with Crippen LogP contribution in [0.4, 0.5) is 11.4 Å². The fourth-order valence-corrected chi connectivity index (χ4v) is 3.01. The number of carbonyl (C=O) groups is 1. The lowest BCUT2D eigenvalue weighted by atomic mass is 10.0. The van der Waals surface area contributed by atoms with Gasteiger partial charge in [0.05, 0.1) is 17.6 Å². The molecule has 0 fully saturated rings. The molecule has 0 atom stereocenters. The van der Waals surface area contributed by atoms with E-state index in [9.17, 15) is 9.90 Å². The third-order valence-corrected chi connectivity index (χ3v) is 4.21. The molecule has 5 heteroatoms. The average Bonchev–Trinajstić information content (AvgIpc) is 2.52. The van der Waals surface area contributed by atoms with Gasteiger partial charge < -0.3 is 10.4 Å². The van der Waals surface area contributed by atoms with Gasteiger partial charge in [-0.25, -0.2) is 0 Å². The smallest absolute Gasteiger partial charge is 0.307 e. The van der Waals surface area contributed by atoms with Gasteiger partial charge in [0, 0.05) is 27.4 Å². The largest absolute Gasteiger partial charge is 0.481 e. The van der Waals surface area contributed by atoms with Gasteiger partial charge in [-0.05, 0) is 43.7 Å². The summed E-state index contributed by atoms with van der Waals surface area (Å²) in [6.45, 7) is 3.80. The number of hydrogen-bond donors (Lipinski definition) is 2. The Hall–Kier alpha value is -2.59. The molecule has 3 aromatic rings. The first kappa shape index (κ1) is 16.3. The summed E-state index contributed by atoms with van der Waals surface area (Å²) in [6.07, 6.45) is -0.0847. The number of anilines is 2. The summed E-state index contributed by atoms with van der Waals surface area (Å²) in [6, 6.07) is 13.3. The third kappa shape index (κ3) is 3.19. The lowest BCUT2D eigenvalue weighted by molar-refractivity contribution is -0.136. The SMILES string of the molecule is Cc1cc(Cl)ccc1Nc1c(CC(=O)O)c(C)nc2ccccc12. The van der Waals surface area contributed by atoms with Crippen molar-refractivity contribution in [1.29, 1.82) is 0 Å². The fraction of sp³-hybridized carbons (Fsp3) is 0.158. The number of carboxylic acids is 1. The first-order valence-electron chi connectivity index (χ1n) is 7.59. The second kappa shape index (κ2) is 6.49. The minimum Gasteiger partial charge on any atom is -0.481 e. The summed E-state index contributed by atoms with van der Waals surface area (Å²) in [5.41, 5.74) is 4.90. The van der Waals surface area contributed by atoms with Crippen LogP contribution in [0.5, 0.6) is 0 Å². The molecule has 4 nitrogen and oxygen atoms in total. The van der Waals surface area contributed by atoms with Crippen molar-refractivity contribution in [3.63, 3.8) is 0 Å². The Morgan fingerprint density at radius 2 is 1.96 bits per heavy atom. The molecule has 1 heterocycles. The van der Waals surface area contributed by atoms with Gasteiger partial charge in [0.1, 0.15) is 0 Å². The van der Waals surface area contributed by atoms with Crippen LogP contribution >= 0.6 is 11.6 Å². The van der Waals surface area contributed by atoms with Gasteiger partial charge >= 0.3 is 5.97 Å². The zero-order valence-corrected chi connectivity index (χ0v) is 14.2. The lowest BCUT2D eigenvalue weighted by Gasteiger charge is -2.17. The molecule has 122 valence electrons. The Labute approximate surface area is 145 Å². The highest BCUT2D eigenvalue weighted by Gasteiger charge is 2.16. The molecule has 24 heavy (non-hydrogen) atoms. The predicted molar refractivity (Wildman–Crippen MR) is 97.3 cm³/mol. The zero-order chi connectivity index (χ0) is 17.3. The maximum Gasteiger partial charge on any atom is 0.307 e. The molecular formula is C19H17ClN2O2. The quantitative estimate of drug-likeness (QED) is 0.710. The van der Waals surface area contributed by atoms with Crippen LogP contribution in [0.15, 0.2) is 42.5 Å². The van der Waals surface area contributed by atoms with Gasteiger partial charge in [-0.1, -0.05) is 29.8 Å². The van der Waals surface area contributed by atoms with Gasteiger partial charge in [0.2, 0.25) is 0 Å². The number of carboxylic acid groups (broad SMARTS) is 1. The number of pyridine rings is 1. The second-order valence-corrected chi connectivity index (χ2v) is 6.16. The highest BCUT2D eigenvalue weighted by molar-refractivity contribution is 6.30. The van der Waals surface area contributed by atoms with E-state index in [0.717, 1.165) is 27.8 Å². The van der Waals surface area contributed by atoms with Gasteiger partial charge in [0.25, 0.3) is 0 Å². The molecule has 0 saturated heterocycles. The van der Waals surface area contributed by atoms with Crippen molar-refractivity contribution in [2.75, 3.05) is 5.32 Å². The standard InChI is InChI=1S/C19H17ClN2O2/c1-11-9-13(20)7-8-16(11)22-19-14-5-3-4-6-17(14)21-12(2)15(19)10-18(23)24/h3-9H,10H2,1-2H3,(H,21,22)(H,23,24). The van der Waals surface area contributed by atoms with E-state index in [-0.39, 0.29) is 6.42 Å². The van der Waals surface area contributed by atoms with Crippen LogP contribution in [0.25, 0.3) is 10.9 Å². The van der Waals surface area contributed by atoms with E-state index in [1.165, 1.54) is 0 Å². The van der Waals surface area contributed by atoms with Crippen LogP contribution in [0.2, 0.25) is 5.02 Å². The van der Waals surface area contributed by atoms with E-state index in [2.05, 4.69) is 10.3 Å². The molecule has 0 radical (unpaired) electrons. The molecule has 0 aliphatic rings. The van der Waals surface area contributed by atoms with Crippen molar-refractivity contribution in [1.82, 2.24) is 4.98 Å². The van der Waals surface area contributed by atoms with Crippen molar-refractivity contribution in [2.24, 2.45) is 0 Å². The number of hydrogen-bond acceptors (Lipinski definition) is 3. The molecule has 1 aromatic heterocycles.